The maximum atomic E-state index is 13.8. The van der Waals surface area contributed by atoms with Crippen molar-refractivity contribution in [1.29, 1.82) is 0 Å². The van der Waals surface area contributed by atoms with E-state index in [-0.39, 0.29) is 11.6 Å². The fraction of sp³-hybridized carbons (Fsp3) is 0.280. The fourth-order valence-electron chi connectivity index (χ4n) is 4.32. The number of nitrogens with zero attached hydrogens (tertiary/aromatic N) is 5. The van der Waals surface area contributed by atoms with Crippen LogP contribution < -0.4 is 15.0 Å². The predicted octanol–water partition coefficient (Wildman–Crippen LogP) is 4.58. The van der Waals surface area contributed by atoms with E-state index >= 15 is 0 Å². The van der Waals surface area contributed by atoms with Gasteiger partial charge in [-0.1, -0.05) is 19.1 Å². The van der Waals surface area contributed by atoms with Crippen molar-refractivity contribution >= 4 is 33.2 Å². The van der Waals surface area contributed by atoms with Crippen LogP contribution in [0.4, 0.5) is 0 Å². The highest BCUT2D eigenvalue weighted by Gasteiger charge is 2.24. The Labute approximate surface area is 190 Å². The Morgan fingerprint density at radius 2 is 1.64 bits per heavy atom. The molecule has 0 aliphatic heterocycles. The molecule has 0 saturated heterocycles. The summed E-state index contributed by atoms with van der Waals surface area (Å²) in [6, 6.07) is 13.2. The van der Waals surface area contributed by atoms with Gasteiger partial charge in [-0.2, -0.15) is 0 Å². The number of hydrogen-bond acceptors (Lipinski definition) is 6. The van der Waals surface area contributed by atoms with Crippen molar-refractivity contribution in [2.24, 2.45) is 0 Å². The molecule has 0 aliphatic carbocycles. The molecule has 0 saturated carbocycles. The van der Waals surface area contributed by atoms with Crippen LogP contribution in [0.5, 0.6) is 11.5 Å². The lowest BCUT2D eigenvalue weighted by Crippen LogP contribution is -2.26. The Hall–Kier alpha value is -3.94. The number of rotatable bonds is 5. The van der Waals surface area contributed by atoms with E-state index in [2.05, 4.69) is 6.92 Å². The summed E-state index contributed by atoms with van der Waals surface area (Å²) in [6.07, 6.45) is 0.816. The molecule has 0 fully saturated rings. The van der Waals surface area contributed by atoms with Gasteiger partial charge in [0, 0.05) is 12.1 Å². The van der Waals surface area contributed by atoms with Crippen LogP contribution in [0, 0.1) is 6.92 Å². The number of hydrogen-bond donors (Lipinski definition) is 0. The average Bonchev–Trinajstić information content (AvgIpc) is 3.14. The minimum atomic E-state index is -0.111. The van der Waals surface area contributed by atoms with Gasteiger partial charge in [0.05, 0.1) is 30.9 Å². The molecular formula is C25H25N5O3. The predicted molar refractivity (Wildman–Crippen MR) is 129 cm³/mol. The Bertz CT molecular complexity index is 1580. The molecule has 8 heteroatoms. The number of ether oxygens (including phenoxy) is 2. The first-order valence-corrected chi connectivity index (χ1v) is 10.9. The Balaban J connectivity index is 1.98. The molecule has 0 amide bonds. The molecule has 33 heavy (non-hydrogen) atoms. The SMILES string of the molecule is CCC(C)n1c(C)nc2c(c1=O)c1nc3ccccc3nc1n2-c1ccc(OC)c(OC)c1. The number of aryl methyl sites for hydroxylation is 1. The van der Waals surface area contributed by atoms with E-state index in [1.807, 2.05) is 60.9 Å². The molecule has 1 atom stereocenters. The molecular weight excluding hydrogens is 418 g/mol. The first-order valence-electron chi connectivity index (χ1n) is 10.9. The normalized spacial score (nSPS) is 12.5. The van der Waals surface area contributed by atoms with Crippen LogP contribution in [0.2, 0.25) is 0 Å². The Morgan fingerprint density at radius 1 is 0.939 bits per heavy atom. The first kappa shape index (κ1) is 20.9. The highest BCUT2D eigenvalue weighted by atomic mass is 16.5. The van der Waals surface area contributed by atoms with Gasteiger partial charge in [-0.3, -0.25) is 13.9 Å². The van der Waals surface area contributed by atoms with Crippen LogP contribution in [0.1, 0.15) is 32.1 Å². The number of methoxy groups -OCH3 is 2. The zero-order chi connectivity index (χ0) is 23.3. The molecule has 5 aromatic rings. The summed E-state index contributed by atoms with van der Waals surface area (Å²) in [6.45, 7) is 5.94. The van der Waals surface area contributed by atoms with E-state index in [1.54, 1.807) is 18.8 Å². The standard InChI is InChI=1S/C25H25N5O3/c1-6-14(2)29-15(3)26-23-21(25(29)31)22-24(28-18-10-8-7-9-17(18)27-22)30(23)16-11-12-19(32-4)20(13-16)33-5/h7-14H,6H2,1-5H3. The highest BCUT2D eigenvalue weighted by molar-refractivity contribution is 6.05. The molecule has 5 rings (SSSR count). The Morgan fingerprint density at radius 3 is 2.30 bits per heavy atom. The van der Waals surface area contributed by atoms with Crippen LogP contribution >= 0.6 is 0 Å². The highest BCUT2D eigenvalue weighted by Crippen LogP contribution is 2.34. The Kier molecular flexibility index (Phi) is 5.00. The monoisotopic (exact) mass is 443 g/mol. The zero-order valence-electron chi connectivity index (χ0n) is 19.3. The molecule has 168 valence electrons. The summed E-state index contributed by atoms with van der Waals surface area (Å²) >= 11 is 0. The minimum absolute atomic E-state index is 0.0160. The molecule has 0 N–H and O–H groups in total. The van der Waals surface area contributed by atoms with Gasteiger partial charge in [-0.25, -0.2) is 15.0 Å². The summed E-state index contributed by atoms with van der Waals surface area (Å²) in [5.41, 5.74) is 3.75. The number of fused-ring (bicyclic) bond motifs is 4. The fourth-order valence-corrected chi connectivity index (χ4v) is 4.32. The van der Waals surface area contributed by atoms with Crippen LogP contribution in [0.15, 0.2) is 47.3 Å². The van der Waals surface area contributed by atoms with Gasteiger partial charge in [0.25, 0.3) is 5.56 Å². The minimum Gasteiger partial charge on any atom is -0.493 e. The van der Waals surface area contributed by atoms with Crippen molar-refractivity contribution in [3.63, 3.8) is 0 Å². The van der Waals surface area contributed by atoms with Gasteiger partial charge < -0.3 is 9.47 Å². The van der Waals surface area contributed by atoms with Crippen LogP contribution in [0.3, 0.4) is 0 Å². The van der Waals surface area contributed by atoms with E-state index in [0.29, 0.717) is 39.5 Å². The first-order chi connectivity index (χ1) is 16.0. The number of para-hydroxylation sites is 2. The third-order valence-corrected chi connectivity index (χ3v) is 6.14. The molecule has 0 aliphatic rings. The maximum absolute atomic E-state index is 13.8. The maximum Gasteiger partial charge on any atom is 0.265 e. The molecule has 2 aromatic carbocycles. The van der Waals surface area contributed by atoms with E-state index in [4.69, 9.17) is 24.4 Å². The topological polar surface area (TPSA) is 84.1 Å². The summed E-state index contributed by atoms with van der Waals surface area (Å²) in [5.74, 6) is 1.83. The second kappa shape index (κ2) is 7.88. The molecule has 1 unspecified atom stereocenters. The largest absolute Gasteiger partial charge is 0.493 e. The summed E-state index contributed by atoms with van der Waals surface area (Å²) < 4.78 is 14.5. The van der Waals surface area contributed by atoms with Gasteiger partial charge in [0.15, 0.2) is 22.8 Å². The van der Waals surface area contributed by atoms with E-state index in [1.165, 1.54) is 0 Å². The van der Waals surface area contributed by atoms with E-state index < -0.39 is 0 Å². The molecule has 0 bridgehead atoms. The second-order valence-corrected chi connectivity index (χ2v) is 8.05. The zero-order valence-corrected chi connectivity index (χ0v) is 19.3. The van der Waals surface area contributed by atoms with Crippen LogP contribution in [-0.4, -0.2) is 38.3 Å². The average molecular weight is 444 g/mol. The molecule has 8 nitrogen and oxygen atoms in total. The second-order valence-electron chi connectivity index (χ2n) is 8.05. The van der Waals surface area contributed by atoms with E-state index in [9.17, 15) is 4.79 Å². The lowest BCUT2D eigenvalue weighted by molar-refractivity contribution is 0.355. The van der Waals surface area contributed by atoms with Crippen molar-refractivity contribution in [2.45, 2.75) is 33.2 Å². The van der Waals surface area contributed by atoms with Crippen molar-refractivity contribution in [1.82, 2.24) is 24.1 Å². The van der Waals surface area contributed by atoms with Gasteiger partial charge in [-0.15, -0.1) is 0 Å². The van der Waals surface area contributed by atoms with Crippen LogP contribution in [-0.2, 0) is 0 Å². The summed E-state index contributed by atoms with van der Waals surface area (Å²) in [7, 11) is 3.19. The van der Waals surface area contributed by atoms with Crippen molar-refractivity contribution in [3.8, 4) is 17.2 Å². The number of benzene rings is 2. The molecule has 3 heterocycles. The van der Waals surface area contributed by atoms with E-state index in [0.717, 1.165) is 23.1 Å². The summed E-state index contributed by atoms with van der Waals surface area (Å²) in [4.78, 5) is 28.4. The molecule has 3 aromatic heterocycles. The summed E-state index contributed by atoms with van der Waals surface area (Å²) in [5, 5.41) is 0.462. The quantitative estimate of drug-likeness (QED) is 0.395. The van der Waals surface area contributed by atoms with Gasteiger partial charge in [0.2, 0.25) is 0 Å². The smallest absolute Gasteiger partial charge is 0.265 e. The van der Waals surface area contributed by atoms with Gasteiger partial charge in [0.1, 0.15) is 16.7 Å². The molecule has 0 radical (unpaired) electrons. The lowest BCUT2D eigenvalue weighted by Gasteiger charge is -2.16. The number of aromatic nitrogens is 5. The van der Waals surface area contributed by atoms with Gasteiger partial charge in [-0.05, 0) is 44.5 Å². The van der Waals surface area contributed by atoms with Crippen molar-refractivity contribution < 1.29 is 9.47 Å². The van der Waals surface area contributed by atoms with Crippen molar-refractivity contribution in [2.75, 3.05) is 14.2 Å². The van der Waals surface area contributed by atoms with Gasteiger partial charge >= 0.3 is 0 Å². The van der Waals surface area contributed by atoms with Crippen molar-refractivity contribution in [3.05, 3.63) is 58.6 Å². The third-order valence-electron chi connectivity index (χ3n) is 6.14. The molecule has 0 spiro atoms. The third kappa shape index (κ3) is 3.13. The van der Waals surface area contributed by atoms with Crippen LogP contribution in [0.25, 0.3) is 38.9 Å². The lowest BCUT2D eigenvalue weighted by atomic mass is 10.2.